The summed E-state index contributed by atoms with van der Waals surface area (Å²) in [5.74, 6) is 0.0736. The normalized spacial score (nSPS) is 13.6. The van der Waals surface area contributed by atoms with Crippen LogP contribution in [0, 0.1) is 13.8 Å². The Morgan fingerprint density at radius 1 is 1.32 bits per heavy atom. The molecular weight excluding hydrogens is 322 g/mol. The fourth-order valence-corrected chi connectivity index (χ4v) is 2.55. The van der Waals surface area contributed by atoms with Crippen LogP contribution in [0.1, 0.15) is 42.8 Å². The largest absolute Gasteiger partial charge is 0.464 e. The van der Waals surface area contributed by atoms with Gasteiger partial charge in [-0.1, -0.05) is 0 Å². The lowest BCUT2D eigenvalue weighted by atomic mass is 10.2. The summed E-state index contributed by atoms with van der Waals surface area (Å²) in [5.41, 5.74) is 2.35. The molecule has 1 N–H and O–H groups in total. The van der Waals surface area contributed by atoms with Crippen molar-refractivity contribution in [2.45, 2.75) is 46.1 Å². The number of hydrogen-bond acceptors (Lipinski definition) is 6. The summed E-state index contributed by atoms with van der Waals surface area (Å²) >= 11 is 0. The van der Waals surface area contributed by atoms with E-state index in [9.17, 15) is 9.59 Å². The molecule has 0 aliphatic heterocycles. The number of ether oxygens (including phenoxy) is 1. The van der Waals surface area contributed by atoms with Crippen molar-refractivity contribution in [1.82, 2.24) is 19.5 Å². The van der Waals surface area contributed by atoms with Gasteiger partial charge in [-0.2, -0.15) is 9.97 Å². The standard InChI is InChI=1S/C17H21N5O3/c1-4-25-17-19-10(2)16(11(3)20-17)21-14(23)8-22-9-18-13(7-15(22)24)12-5-6-12/h7,9,12H,4-6,8H2,1-3H3,(H,21,23). The van der Waals surface area contributed by atoms with Crippen molar-refractivity contribution in [3.63, 3.8) is 0 Å². The second-order valence-electron chi connectivity index (χ2n) is 6.09. The van der Waals surface area contributed by atoms with Gasteiger partial charge in [-0.25, -0.2) is 4.98 Å². The lowest BCUT2D eigenvalue weighted by Gasteiger charge is -2.12. The predicted octanol–water partition coefficient (Wildman–Crippen LogP) is 1.56. The molecule has 2 aromatic rings. The average molecular weight is 343 g/mol. The molecule has 1 aliphatic rings. The smallest absolute Gasteiger partial charge is 0.316 e. The Labute approximate surface area is 145 Å². The third-order valence-electron chi connectivity index (χ3n) is 4.00. The molecule has 1 saturated carbocycles. The first-order valence-corrected chi connectivity index (χ1v) is 8.32. The van der Waals surface area contributed by atoms with Crippen molar-refractivity contribution < 1.29 is 9.53 Å². The molecule has 0 unspecified atom stereocenters. The molecular formula is C17H21N5O3. The van der Waals surface area contributed by atoms with E-state index in [2.05, 4.69) is 20.3 Å². The van der Waals surface area contributed by atoms with Gasteiger partial charge in [-0.05, 0) is 33.6 Å². The van der Waals surface area contributed by atoms with Gasteiger partial charge in [0, 0.05) is 12.0 Å². The quantitative estimate of drug-likeness (QED) is 0.855. The van der Waals surface area contributed by atoms with Gasteiger partial charge in [0.15, 0.2) is 0 Å². The number of aromatic nitrogens is 4. The zero-order valence-electron chi connectivity index (χ0n) is 14.6. The van der Waals surface area contributed by atoms with E-state index in [0.717, 1.165) is 18.5 Å². The van der Waals surface area contributed by atoms with Crippen LogP contribution in [-0.4, -0.2) is 32.0 Å². The molecule has 3 rings (SSSR count). The Hall–Kier alpha value is -2.77. The van der Waals surface area contributed by atoms with Crippen LogP contribution in [0.15, 0.2) is 17.2 Å². The zero-order valence-corrected chi connectivity index (χ0v) is 14.6. The third-order valence-corrected chi connectivity index (χ3v) is 4.00. The Balaban J connectivity index is 1.71. The predicted molar refractivity (Wildman–Crippen MR) is 91.8 cm³/mol. The number of aryl methyl sites for hydroxylation is 2. The Morgan fingerprint density at radius 3 is 2.56 bits per heavy atom. The van der Waals surface area contributed by atoms with Crippen molar-refractivity contribution in [2.24, 2.45) is 0 Å². The van der Waals surface area contributed by atoms with Crippen molar-refractivity contribution >= 4 is 11.6 Å². The molecule has 25 heavy (non-hydrogen) atoms. The lowest BCUT2D eigenvalue weighted by molar-refractivity contribution is -0.116. The number of hydrogen-bond donors (Lipinski definition) is 1. The van der Waals surface area contributed by atoms with Gasteiger partial charge < -0.3 is 10.1 Å². The van der Waals surface area contributed by atoms with Crippen LogP contribution < -0.4 is 15.6 Å². The van der Waals surface area contributed by atoms with E-state index in [1.54, 1.807) is 13.8 Å². The van der Waals surface area contributed by atoms with Crippen LogP contribution in [0.3, 0.4) is 0 Å². The second kappa shape index (κ2) is 7.00. The van der Waals surface area contributed by atoms with E-state index in [1.165, 1.54) is 17.0 Å². The van der Waals surface area contributed by atoms with Crippen LogP contribution in [0.25, 0.3) is 0 Å². The van der Waals surface area contributed by atoms with E-state index in [-0.39, 0.29) is 24.0 Å². The summed E-state index contributed by atoms with van der Waals surface area (Å²) in [5, 5.41) is 2.77. The Bertz CT molecular complexity index is 835. The molecule has 0 spiro atoms. The molecule has 2 heterocycles. The van der Waals surface area contributed by atoms with E-state index < -0.39 is 0 Å². The van der Waals surface area contributed by atoms with Gasteiger partial charge in [0.05, 0.1) is 35.7 Å². The summed E-state index contributed by atoms with van der Waals surface area (Å²) in [6.45, 7) is 5.75. The minimum Gasteiger partial charge on any atom is -0.464 e. The van der Waals surface area contributed by atoms with E-state index >= 15 is 0 Å². The molecule has 132 valence electrons. The second-order valence-corrected chi connectivity index (χ2v) is 6.09. The van der Waals surface area contributed by atoms with Gasteiger partial charge in [-0.15, -0.1) is 0 Å². The van der Waals surface area contributed by atoms with Crippen LogP contribution in [0.5, 0.6) is 6.01 Å². The number of rotatable bonds is 6. The van der Waals surface area contributed by atoms with Gasteiger partial charge in [0.25, 0.3) is 5.56 Å². The molecule has 2 aromatic heterocycles. The molecule has 1 fully saturated rings. The molecule has 0 atom stereocenters. The summed E-state index contributed by atoms with van der Waals surface area (Å²) < 4.78 is 6.58. The van der Waals surface area contributed by atoms with E-state index in [1.807, 2.05) is 6.92 Å². The molecule has 0 saturated heterocycles. The number of carbonyl (C=O) groups excluding carboxylic acids is 1. The maximum atomic E-state index is 12.3. The Kier molecular flexibility index (Phi) is 4.78. The average Bonchev–Trinajstić information content (AvgIpc) is 3.38. The third kappa shape index (κ3) is 4.01. The van der Waals surface area contributed by atoms with Crippen LogP contribution >= 0.6 is 0 Å². The maximum Gasteiger partial charge on any atom is 0.316 e. The molecule has 8 nitrogen and oxygen atoms in total. The summed E-state index contributed by atoms with van der Waals surface area (Å²) in [4.78, 5) is 37.1. The molecule has 0 radical (unpaired) electrons. The van der Waals surface area contributed by atoms with Crippen LogP contribution in [0.4, 0.5) is 5.69 Å². The topological polar surface area (TPSA) is 99.0 Å². The summed E-state index contributed by atoms with van der Waals surface area (Å²) in [6, 6.07) is 1.80. The number of anilines is 1. The fourth-order valence-electron chi connectivity index (χ4n) is 2.55. The first-order valence-electron chi connectivity index (χ1n) is 8.32. The van der Waals surface area contributed by atoms with Crippen LogP contribution in [-0.2, 0) is 11.3 Å². The highest BCUT2D eigenvalue weighted by atomic mass is 16.5. The van der Waals surface area contributed by atoms with Crippen molar-refractivity contribution in [1.29, 1.82) is 0 Å². The lowest BCUT2D eigenvalue weighted by Crippen LogP contribution is -2.28. The van der Waals surface area contributed by atoms with Crippen molar-refractivity contribution in [3.8, 4) is 6.01 Å². The summed E-state index contributed by atoms with van der Waals surface area (Å²) in [7, 11) is 0. The number of amides is 1. The number of nitrogens with zero attached hydrogens (tertiary/aromatic N) is 4. The van der Waals surface area contributed by atoms with Gasteiger partial charge in [-0.3, -0.25) is 14.2 Å². The zero-order chi connectivity index (χ0) is 18.0. The van der Waals surface area contributed by atoms with Crippen molar-refractivity contribution in [3.05, 3.63) is 39.8 Å². The number of nitrogens with one attached hydrogen (secondary N) is 1. The molecule has 1 aliphatic carbocycles. The maximum absolute atomic E-state index is 12.3. The molecule has 8 heteroatoms. The SMILES string of the molecule is CCOc1nc(C)c(NC(=O)Cn2cnc(C3CC3)cc2=O)c(C)n1. The molecule has 0 bridgehead atoms. The summed E-state index contributed by atoms with van der Waals surface area (Å²) in [6.07, 6.45) is 3.59. The minimum atomic E-state index is -0.331. The van der Waals surface area contributed by atoms with Crippen LogP contribution in [0.2, 0.25) is 0 Å². The molecule has 0 aromatic carbocycles. The fraction of sp³-hybridized carbons (Fsp3) is 0.471. The first-order chi connectivity index (χ1) is 12.0. The highest BCUT2D eigenvalue weighted by Crippen LogP contribution is 2.38. The Morgan fingerprint density at radius 2 is 2.00 bits per heavy atom. The van der Waals surface area contributed by atoms with E-state index in [4.69, 9.17) is 4.74 Å². The monoisotopic (exact) mass is 343 g/mol. The minimum absolute atomic E-state index is 0.108. The first kappa shape index (κ1) is 17.1. The van der Waals surface area contributed by atoms with Crippen molar-refractivity contribution in [2.75, 3.05) is 11.9 Å². The van der Waals surface area contributed by atoms with E-state index in [0.29, 0.717) is 29.6 Å². The molecule has 1 amide bonds. The van der Waals surface area contributed by atoms with Gasteiger partial charge >= 0.3 is 6.01 Å². The highest BCUT2D eigenvalue weighted by Gasteiger charge is 2.25. The van der Waals surface area contributed by atoms with Gasteiger partial charge in [0.1, 0.15) is 6.54 Å². The van der Waals surface area contributed by atoms with Gasteiger partial charge in [0.2, 0.25) is 5.91 Å². The number of carbonyl (C=O) groups is 1. The highest BCUT2D eigenvalue weighted by molar-refractivity contribution is 5.91.